The number of piperazine rings is 1. The summed E-state index contributed by atoms with van der Waals surface area (Å²) in [5.74, 6) is 1.30. The molecule has 0 atom stereocenters. The molecule has 0 saturated carbocycles. The van der Waals surface area contributed by atoms with Crippen molar-refractivity contribution in [2.75, 3.05) is 26.2 Å². The lowest BCUT2D eigenvalue weighted by Gasteiger charge is -2.33. The van der Waals surface area contributed by atoms with E-state index < -0.39 is 0 Å². The zero-order chi connectivity index (χ0) is 21.1. The lowest BCUT2D eigenvalue weighted by molar-refractivity contribution is 0.0902. The molecule has 1 fully saturated rings. The number of hydrogen-bond acceptors (Lipinski definition) is 9. The summed E-state index contributed by atoms with van der Waals surface area (Å²) in [6.45, 7) is 11.1. The Kier molecular flexibility index (Phi) is 6.57. The predicted molar refractivity (Wildman–Crippen MR) is 118 cm³/mol. The molecule has 0 bridgehead atoms. The van der Waals surface area contributed by atoms with E-state index in [9.17, 15) is 0 Å². The van der Waals surface area contributed by atoms with E-state index in [2.05, 4.69) is 38.0 Å². The third-order valence-electron chi connectivity index (χ3n) is 4.94. The zero-order valence-electron chi connectivity index (χ0n) is 17.4. The molecule has 0 aliphatic carbocycles. The number of aryl methyl sites for hydroxylation is 1. The van der Waals surface area contributed by atoms with Gasteiger partial charge in [0.1, 0.15) is 0 Å². The second kappa shape index (κ2) is 9.34. The third-order valence-corrected chi connectivity index (χ3v) is 6.13. The van der Waals surface area contributed by atoms with Crippen LogP contribution in [0.2, 0.25) is 0 Å². The van der Waals surface area contributed by atoms with Crippen LogP contribution in [0, 0.1) is 10.9 Å². The number of ether oxygens (including phenoxy) is 1. The van der Waals surface area contributed by atoms with Crippen molar-refractivity contribution in [1.82, 2.24) is 29.7 Å². The minimum Gasteiger partial charge on any atom is -0.466 e. The largest absolute Gasteiger partial charge is 0.466 e. The van der Waals surface area contributed by atoms with Crippen molar-refractivity contribution in [3.63, 3.8) is 0 Å². The van der Waals surface area contributed by atoms with Gasteiger partial charge in [-0.15, -0.1) is 5.10 Å². The molecule has 2 aromatic heterocycles. The van der Waals surface area contributed by atoms with Crippen LogP contribution < -0.4 is 4.74 Å². The molecule has 1 aliphatic rings. The summed E-state index contributed by atoms with van der Waals surface area (Å²) in [4.78, 5) is 9.26. The maximum Gasteiger partial charge on any atom is 0.293 e. The lowest BCUT2D eigenvalue weighted by atomic mass is 10.1. The molecule has 0 unspecified atom stereocenters. The normalized spacial score (nSPS) is 15.7. The summed E-state index contributed by atoms with van der Waals surface area (Å²) in [6, 6.07) is 8.07. The van der Waals surface area contributed by atoms with E-state index >= 15 is 0 Å². The Bertz CT molecular complexity index is 1040. The van der Waals surface area contributed by atoms with Crippen molar-refractivity contribution in [2.24, 2.45) is 0 Å². The summed E-state index contributed by atoms with van der Waals surface area (Å²) < 4.78 is 13.7. The highest BCUT2D eigenvalue weighted by atomic mass is 32.1. The van der Waals surface area contributed by atoms with Gasteiger partial charge in [-0.05, 0) is 49.9 Å². The first kappa shape index (κ1) is 21.1. The van der Waals surface area contributed by atoms with Crippen LogP contribution in [0.1, 0.15) is 25.3 Å². The van der Waals surface area contributed by atoms with E-state index in [1.807, 2.05) is 36.7 Å². The Labute approximate surface area is 185 Å². The van der Waals surface area contributed by atoms with Crippen LogP contribution in [0.5, 0.6) is 5.19 Å². The predicted octanol–water partition coefficient (Wildman–Crippen LogP) is 3.60. The van der Waals surface area contributed by atoms with Crippen molar-refractivity contribution < 1.29 is 9.26 Å². The van der Waals surface area contributed by atoms with Crippen molar-refractivity contribution >= 4 is 23.6 Å². The van der Waals surface area contributed by atoms with E-state index in [4.69, 9.17) is 21.5 Å². The molecule has 0 amide bonds. The van der Waals surface area contributed by atoms with Crippen LogP contribution >= 0.6 is 23.6 Å². The van der Waals surface area contributed by atoms with Gasteiger partial charge < -0.3 is 9.26 Å². The molecule has 0 N–H and O–H groups in total. The van der Waals surface area contributed by atoms with Gasteiger partial charge in [0, 0.05) is 31.7 Å². The first-order valence-corrected chi connectivity index (χ1v) is 11.3. The molecular formula is C20H26N6O2S2. The van der Waals surface area contributed by atoms with Gasteiger partial charge >= 0.3 is 0 Å². The molecular weight excluding hydrogens is 420 g/mol. The molecule has 4 rings (SSSR count). The Morgan fingerprint density at radius 3 is 2.63 bits per heavy atom. The summed E-state index contributed by atoms with van der Waals surface area (Å²) in [7, 11) is 0. The van der Waals surface area contributed by atoms with Gasteiger partial charge in [0.15, 0.2) is 3.95 Å². The molecule has 3 heterocycles. The second-order valence-corrected chi connectivity index (χ2v) is 9.25. The SMILES string of the molecule is Cc1ccccc1-c1noc(CN2CCN(Cn3nc(OC(C)C)sc3=S)CC2)n1. The number of rotatable bonds is 7. The van der Waals surface area contributed by atoms with Crippen molar-refractivity contribution in [2.45, 2.75) is 40.1 Å². The first-order valence-electron chi connectivity index (χ1n) is 10.1. The molecule has 1 aliphatic heterocycles. The fourth-order valence-corrected chi connectivity index (χ4v) is 4.39. The van der Waals surface area contributed by atoms with Gasteiger partial charge in [0.2, 0.25) is 11.7 Å². The molecule has 10 heteroatoms. The van der Waals surface area contributed by atoms with Crippen LogP contribution in [0.15, 0.2) is 28.8 Å². The van der Waals surface area contributed by atoms with Gasteiger partial charge in [-0.25, -0.2) is 4.68 Å². The van der Waals surface area contributed by atoms with Gasteiger partial charge in [-0.1, -0.05) is 29.4 Å². The van der Waals surface area contributed by atoms with E-state index in [1.54, 1.807) is 0 Å². The minimum atomic E-state index is 0.0959. The van der Waals surface area contributed by atoms with Crippen molar-refractivity contribution in [3.8, 4) is 16.6 Å². The summed E-state index contributed by atoms with van der Waals surface area (Å²) in [5.41, 5.74) is 2.15. The molecule has 3 aromatic rings. The molecule has 8 nitrogen and oxygen atoms in total. The highest BCUT2D eigenvalue weighted by molar-refractivity contribution is 7.73. The Morgan fingerprint density at radius 2 is 1.90 bits per heavy atom. The Hall–Kier alpha value is -2.14. The van der Waals surface area contributed by atoms with E-state index in [-0.39, 0.29) is 6.10 Å². The van der Waals surface area contributed by atoms with Crippen LogP contribution in [0.25, 0.3) is 11.4 Å². The van der Waals surface area contributed by atoms with Crippen molar-refractivity contribution in [3.05, 3.63) is 39.7 Å². The average molecular weight is 447 g/mol. The molecule has 0 radical (unpaired) electrons. The van der Waals surface area contributed by atoms with Crippen LogP contribution in [-0.4, -0.2) is 62.0 Å². The number of aromatic nitrogens is 4. The minimum absolute atomic E-state index is 0.0959. The third kappa shape index (κ3) is 5.12. The Morgan fingerprint density at radius 1 is 1.17 bits per heavy atom. The monoisotopic (exact) mass is 446 g/mol. The van der Waals surface area contributed by atoms with Gasteiger partial charge in [-0.3, -0.25) is 9.80 Å². The van der Waals surface area contributed by atoms with Crippen molar-refractivity contribution in [1.29, 1.82) is 0 Å². The van der Waals surface area contributed by atoms with Crippen LogP contribution in [-0.2, 0) is 13.2 Å². The fraction of sp³-hybridized carbons (Fsp3) is 0.500. The molecule has 30 heavy (non-hydrogen) atoms. The standard InChI is InChI=1S/C20H26N6O2S2/c1-14(2)27-19-22-26(20(29)30-19)13-25-10-8-24(9-11-25)12-17-21-18(23-28-17)16-7-5-4-6-15(16)3/h4-7,14H,8-13H2,1-3H3. The quantitative estimate of drug-likeness (QED) is 0.510. The number of nitrogens with zero attached hydrogens (tertiary/aromatic N) is 6. The topological polar surface area (TPSA) is 72.5 Å². The number of hydrogen-bond donors (Lipinski definition) is 0. The van der Waals surface area contributed by atoms with Crippen LogP contribution in [0.3, 0.4) is 0 Å². The zero-order valence-corrected chi connectivity index (χ0v) is 19.1. The Balaban J connectivity index is 1.30. The fourth-order valence-electron chi connectivity index (χ4n) is 3.35. The molecule has 160 valence electrons. The number of benzene rings is 1. The highest BCUT2D eigenvalue weighted by Gasteiger charge is 2.21. The lowest BCUT2D eigenvalue weighted by Crippen LogP contribution is -2.46. The van der Waals surface area contributed by atoms with Gasteiger partial charge in [0.25, 0.3) is 5.19 Å². The molecule has 1 saturated heterocycles. The van der Waals surface area contributed by atoms with Gasteiger partial charge in [-0.2, -0.15) is 4.98 Å². The maximum absolute atomic E-state index is 5.66. The average Bonchev–Trinajstić information content (AvgIpc) is 3.30. The maximum atomic E-state index is 5.66. The van der Waals surface area contributed by atoms with Crippen LogP contribution in [0.4, 0.5) is 0 Å². The summed E-state index contributed by atoms with van der Waals surface area (Å²) in [6.07, 6.45) is 0.0959. The smallest absolute Gasteiger partial charge is 0.293 e. The van der Waals surface area contributed by atoms with E-state index in [1.165, 1.54) is 11.3 Å². The second-order valence-electron chi connectivity index (χ2n) is 7.66. The summed E-state index contributed by atoms with van der Waals surface area (Å²) in [5, 5.41) is 9.28. The first-order chi connectivity index (χ1) is 14.5. The van der Waals surface area contributed by atoms with Gasteiger partial charge in [0.05, 0.1) is 19.3 Å². The summed E-state index contributed by atoms with van der Waals surface area (Å²) >= 11 is 6.84. The molecule has 1 aromatic carbocycles. The van der Waals surface area contributed by atoms with E-state index in [0.29, 0.717) is 30.1 Å². The molecule has 0 spiro atoms. The highest BCUT2D eigenvalue weighted by Crippen LogP contribution is 2.21. The van der Waals surface area contributed by atoms with E-state index in [0.717, 1.165) is 41.3 Å².